The third kappa shape index (κ3) is 6.33. The van der Waals surface area contributed by atoms with Crippen molar-refractivity contribution >= 4 is 17.4 Å². The van der Waals surface area contributed by atoms with Crippen LogP contribution in [0.3, 0.4) is 0 Å². The molecule has 5 heteroatoms. The van der Waals surface area contributed by atoms with Crippen molar-refractivity contribution in [2.24, 2.45) is 0 Å². The van der Waals surface area contributed by atoms with Crippen LogP contribution in [0.1, 0.15) is 29.3 Å². The highest BCUT2D eigenvalue weighted by Gasteiger charge is 2.08. The van der Waals surface area contributed by atoms with E-state index in [4.69, 9.17) is 4.74 Å². The molecule has 1 amide bonds. The summed E-state index contributed by atoms with van der Waals surface area (Å²) in [6.07, 6.45) is 1.92. The number of methoxy groups -OCH3 is 1. The van der Waals surface area contributed by atoms with E-state index < -0.39 is 0 Å². The number of nitrogens with zero attached hydrogens (tertiary/aromatic N) is 1. The standard InChI is InChI=1S/C21H26N2O3/c1-16(24)18-7-4-8-19(14-18)22-21(25)15-23(2)13-5-6-17-9-11-20(26-3)12-10-17/h4,7-12,14H,5-6,13,15H2,1-3H3,(H,22,25). The maximum absolute atomic E-state index is 12.2. The summed E-state index contributed by atoms with van der Waals surface area (Å²) in [5.74, 6) is 0.755. The average molecular weight is 354 g/mol. The van der Waals surface area contributed by atoms with Gasteiger partial charge in [-0.05, 0) is 63.2 Å². The molecular weight excluding hydrogens is 328 g/mol. The first-order chi connectivity index (χ1) is 12.5. The fourth-order valence-corrected chi connectivity index (χ4v) is 2.69. The first-order valence-corrected chi connectivity index (χ1v) is 8.70. The molecule has 0 aliphatic rings. The lowest BCUT2D eigenvalue weighted by Crippen LogP contribution is -2.31. The van der Waals surface area contributed by atoms with E-state index in [1.807, 2.05) is 24.1 Å². The van der Waals surface area contributed by atoms with Crippen LogP contribution in [-0.2, 0) is 11.2 Å². The molecule has 26 heavy (non-hydrogen) atoms. The summed E-state index contributed by atoms with van der Waals surface area (Å²) in [5.41, 5.74) is 2.50. The Hall–Kier alpha value is -2.66. The minimum absolute atomic E-state index is 0.0169. The number of nitrogens with one attached hydrogen (secondary N) is 1. The lowest BCUT2D eigenvalue weighted by Gasteiger charge is -2.16. The summed E-state index contributed by atoms with van der Waals surface area (Å²) in [6.45, 7) is 2.65. The second kappa shape index (κ2) is 9.73. The molecule has 0 unspecified atom stereocenters. The Kier molecular flexibility index (Phi) is 7.36. The van der Waals surface area contributed by atoms with Gasteiger partial charge in [-0.25, -0.2) is 0 Å². The van der Waals surface area contributed by atoms with E-state index in [0.29, 0.717) is 17.8 Å². The highest BCUT2D eigenvalue weighted by atomic mass is 16.5. The molecule has 2 rings (SSSR count). The zero-order chi connectivity index (χ0) is 18.9. The minimum atomic E-state index is -0.0855. The molecule has 0 atom stereocenters. The molecule has 0 aromatic heterocycles. The minimum Gasteiger partial charge on any atom is -0.497 e. The molecule has 0 radical (unpaired) electrons. The summed E-state index contributed by atoms with van der Waals surface area (Å²) in [4.78, 5) is 25.6. The Bertz CT molecular complexity index is 741. The van der Waals surface area contributed by atoms with Gasteiger partial charge in [-0.15, -0.1) is 0 Å². The number of rotatable bonds is 9. The van der Waals surface area contributed by atoms with Gasteiger partial charge in [0.1, 0.15) is 5.75 Å². The fourth-order valence-electron chi connectivity index (χ4n) is 2.69. The van der Waals surface area contributed by atoms with E-state index in [9.17, 15) is 9.59 Å². The maximum atomic E-state index is 12.2. The largest absolute Gasteiger partial charge is 0.497 e. The summed E-state index contributed by atoms with van der Waals surface area (Å²) in [6, 6.07) is 15.0. The predicted octanol–water partition coefficient (Wildman–Crippen LogP) is 3.40. The van der Waals surface area contributed by atoms with E-state index in [2.05, 4.69) is 17.4 Å². The van der Waals surface area contributed by atoms with Gasteiger partial charge in [-0.1, -0.05) is 24.3 Å². The third-order valence-electron chi connectivity index (χ3n) is 4.13. The molecule has 0 aliphatic heterocycles. The van der Waals surface area contributed by atoms with Crippen molar-refractivity contribution in [3.8, 4) is 5.75 Å². The molecule has 5 nitrogen and oxygen atoms in total. The van der Waals surface area contributed by atoms with Gasteiger partial charge in [0.2, 0.25) is 5.91 Å². The highest BCUT2D eigenvalue weighted by molar-refractivity contribution is 5.97. The number of ether oxygens (including phenoxy) is 1. The average Bonchev–Trinajstić information content (AvgIpc) is 2.62. The molecular formula is C21H26N2O3. The summed E-state index contributed by atoms with van der Waals surface area (Å²) < 4.78 is 5.15. The number of carbonyl (C=O) groups is 2. The monoisotopic (exact) mass is 354 g/mol. The highest BCUT2D eigenvalue weighted by Crippen LogP contribution is 2.13. The Labute approximate surface area is 155 Å². The lowest BCUT2D eigenvalue weighted by molar-refractivity contribution is -0.117. The normalized spacial score (nSPS) is 10.6. The number of benzene rings is 2. The van der Waals surface area contributed by atoms with Gasteiger partial charge in [0.15, 0.2) is 5.78 Å². The number of ketones is 1. The molecule has 0 fully saturated rings. The number of hydrogen-bond acceptors (Lipinski definition) is 4. The Morgan fingerprint density at radius 1 is 1.12 bits per heavy atom. The molecule has 0 saturated heterocycles. The number of likely N-dealkylation sites (N-methyl/N-ethyl adjacent to an activating group) is 1. The van der Waals surface area contributed by atoms with Crippen LogP contribution in [0.15, 0.2) is 48.5 Å². The topological polar surface area (TPSA) is 58.6 Å². The molecule has 0 saturated carbocycles. The Morgan fingerprint density at radius 2 is 1.85 bits per heavy atom. The summed E-state index contributed by atoms with van der Waals surface area (Å²) in [5, 5.41) is 2.84. The van der Waals surface area contributed by atoms with Crippen molar-refractivity contribution in [2.75, 3.05) is 32.6 Å². The van der Waals surface area contributed by atoms with Crippen LogP contribution >= 0.6 is 0 Å². The van der Waals surface area contributed by atoms with E-state index >= 15 is 0 Å². The van der Waals surface area contributed by atoms with E-state index in [0.717, 1.165) is 25.1 Å². The van der Waals surface area contributed by atoms with Crippen LogP contribution in [-0.4, -0.2) is 43.8 Å². The zero-order valence-electron chi connectivity index (χ0n) is 15.6. The summed E-state index contributed by atoms with van der Waals surface area (Å²) in [7, 11) is 3.59. The second-order valence-electron chi connectivity index (χ2n) is 6.37. The van der Waals surface area contributed by atoms with Crippen molar-refractivity contribution < 1.29 is 14.3 Å². The van der Waals surface area contributed by atoms with Gasteiger partial charge in [-0.3, -0.25) is 14.5 Å². The van der Waals surface area contributed by atoms with Crippen molar-refractivity contribution in [3.05, 3.63) is 59.7 Å². The van der Waals surface area contributed by atoms with Crippen LogP contribution in [0, 0.1) is 0 Å². The fraction of sp³-hybridized carbons (Fsp3) is 0.333. The number of amides is 1. The molecule has 0 spiro atoms. The van der Waals surface area contributed by atoms with Gasteiger partial charge >= 0.3 is 0 Å². The molecule has 138 valence electrons. The van der Waals surface area contributed by atoms with E-state index in [1.54, 1.807) is 31.4 Å². The molecule has 0 aliphatic carbocycles. The van der Waals surface area contributed by atoms with Crippen LogP contribution in [0.2, 0.25) is 0 Å². The molecule has 2 aromatic rings. The van der Waals surface area contributed by atoms with Crippen LogP contribution in [0.25, 0.3) is 0 Å². The van der Waals surface area contributed by atoms with Gasteiger partial charge in [0, 0.05) is 11.3 Å². The van der Waals surface area contributed by atoms with Crippen molar-refractivity contribution in [1.29, 1.82) is 0 Å². The van der Waals surface area contributed by atoms with Crippen molar-refractivity contribution in [1.82, 2.24) is 4.90 Å². The Balaban J connectivity index is 1.74. The second-order valence-corrected chi connectivity index (χ2v) is 6.37. The first kappa shape index (κ1) is 19.7. The van der Waals surface area contributed by atoms with Crippen LogP contribution in [0.4, 0.5) is 5.69 Å². The predicted molar refractivity (Wildman–Crippen MR) is 104 cm³/mol. The number of carbonyl (C=O) groups excluding carboxylic acids is 2. The van der Waals surface area contributed by atoms with Gasteiger partial charge in [0.05, 0.1) is 13.7 Å². The molecule has 0 bridgehead atoms. The smallest absolute Gasteiger partial charge is 0.238 e. The van der Waals surface area contributed by atoms with Gasteiger partial charge in [-0.2, -0.15) is 0 Å². The van der Waals surface area contributed by atoms with E-state index in [-0.39, 0.29) is 11.7 Å². The van der Waals surface area contributed by atoms with Crippen LogP contribution < -0.4 is 10.1 Å². The summed E-state index contributed by atoms with van der Waals surface area (Å²) >= 11 is 0. The number of anilines is 1. The van der Waals surface area contributed by atoms with Crippen molar-refractivity contribution in [3.63, 3.8) is 0 Å². The van der Waals surface area contributed by atoms with Crippen LogP contribution in [0.5, 0.6) is 5.75 Å². The molecule has 2 aromatic carbocycles. The maximum Gasteiger partial charge on any atom is 0.238 e. The van der Waals surface area contributed by atoms with Crippen molar-refractivity contribution in [2.45, 2.75) is 19.8 Å². The third-order valence-corrected chi connectivity index (χ3v) is 4.13. The quantitative estimate of drug-likeness (QED) is 0.701. The first-order valence-electron chi connectivity index (χ1n) is 8.70. The Morgan fingerprint density at radius 3 is 2.50 bits per heavy atom. The number of hydrogen-bond donors (Lipinski definition) is 1. The SMILES string of the molecule is COc1ccc(CCCN(C)CC(=O)Nc2cccc(C(C)=O)c2)cc1. The zero-order valence-corrected chi connectivity index (χ0v) is 15.6. The molecule has 0 heterocycles. The number of Topliss-reactive ketones (excluding diaryl/α,β-unsaturated/α-hetero) is 1. The van der Waals surface area contributed by atoms with Gasteiger partial charge < -0.3 is 10.1 Å². The lowest BCUT2D eigenvalue weighted by atomic mass is 10.1. The molecule has 1 N–H and O–H groups in total. The number of aryl methyl sites for hydroxylation is 1. The van der Waals surface area contributed by atoms with Gasteiger partial charge in [0.25, 0.3) is 0 Å². The van der Waals surface area contributed by atoms with E-state index in [1.165, 1.54) is 12.5 Å².